The second-order valence-corrected chi connectivity index (χ2v) is 13.3. The Labute approximate surface area is 252 Å². The van der Waals surface area contributed by atoms with E-state index in [0.29, 0.717) is 21.3 Å². The molecule has 4 rings (SSSR count). The van der Waals surface area contributed by atoms with Gasteiger partial charge in [0.1, 0.15) is 12.6 Å². The monoisotopic (exact) mass is 615 g/mol. The summed E-state index contributed by atoms with van der Waals surface area (Å²) in [6.45, 7) is 4.89. The highest BCUT2D eigenvalue weighted by Gasteiger charge is 2.33. The first-order valence-corrected chi connectivity index (χ1v) is 15.8. The van der Waals surface area contributed by atoms with E-state index in [-0.39, 0.29) is 23.4 Å². The Morgan fingerprint density at radius 3 is 2.20 bits per heavy atom. The molecule has 1 aliphatic carbocycles. The Hall–Kier alpha value is -3.07. The van der Waals surface area contributed by atoms with Gasteiger partial charge in [-0.1, -0.05) is 66.4 Å². The maximum Gasteiger partial charge on any atom is 0.264 e. The number of carbonyl (C=O) groups excluding carboxylic acids is 2. The highest BCUT2D eigenvalue weighted by molar-refractivity contribution is 7.92. The molecule has 3 aromatic carbocycles. The molecular formula is C31H35Cl2N3O4S. The second kappa shape index (κ2) is 13.3. The fraction of sp³-hybridized carbons (Fsp3) is 0.355. The molecule has 41 heavy (non-hydrogen) atoms. The summed E-state index contributed by atoms with van der Waals surface area (Å²) >= 11 is 12.6. The predicted molar refractivity (Wildman–Crippen MR) is 164 cm³/mol. The first-order chi connectivity index (χ1) is 19.5. The lowest BCUT2D eigenvalue weighted by molar-refractivity contribution is -0.139. The summed E-state index contributed by atoms with van der Waals surface area (Å²) in [6, 6.07) is 17.5. The molecule has 1 atom stereocenters. The molecule has 1 aliphatic rings. The fourth-order valence-electron chi connectivity index (χ4n) is 5.15. The molecule has 1 saturated carbocycles. The standard InChI is InChI=1S/C31H35Cl2N3O4S/c1-21-15-22(2)17-27(16-21)36(41(39,40)28-11-5-4-6-12-28)20-30(37)35(19-24-13-14-25(32)18-29(24)33)23(3)31(38)34-26-9-7-8-10-26/h4-6,11-18,23,26H,7-10,19-20H2,1-3H3,(H,34,38)/t23-/m0/s1. The Balaban J connectivity index is 1.72. The van der Waals surface area contributed by atoms with E-state index in [0.717, 1.165) is 41.1 Å². The van der Waals surface area contributed by atoms with Crippen molar-refractivity contribution < 1.29 is 18.0 Å². The van der Waals surface area contributed by atoms with Gasteiger partial charge >= 0.3 is 0 Å². The van der Waals surface area contributed by atoms with Crippen LogP contribution in [-0.4, -0.2) is 43.8 Å². The summed E-state index contributed by atoms with van der Waals surface area (Å²) in [4.78, 5) is 28.9. The van der Waals surface area contributed by atoms with Crippen LogP contribution in [0.3, 0.4) is 0 Å². The second-order valence-electron chi connectivity index (χ2n) is 10.6. The number of halogens is 2. The van der Waals surface area contributed by atoms with Crippen molar-refractivity contribution >= 4 is 50.7 Å². The first kappa shape index (κ1) is 30.9. The van der Waals surface area contributed by atoms with Crippen LogP contribution in [0.25, 0.3) is 0 Å². The van der Waals surface area contributed by atoms with Crippen molar-refractivity contribution in [2.24, 2.45) is 0 Å². The molecule has 10 heteroatoms. The third-order valence-electron chi connectivity index (χ3n) is 7.33. The lowest BCUT2D eigenvalue weighted by Gasteiger charge is -2.33. The number of anilines is 1. The minimum absolute atomic E-state index is 0.000157. The molecule has 0 saturated heterocycles. The number of sulfonamides is 1. The number of nitrogens with zero attached hydrogens (tertiary/aromatic N) is 2. The molecule has 1 N–H and O–H groups in total. The molecule has 2 amide bonds. The normalized spacial score (nSPS) is 14.5. The van der Waals surface area contributed by atoms with E-state index in [4.69, 9.17) is 23.2 Å². The summed E-state index contributed by atoms with van der Waals surface area (Å²) in [5, 5.41) is 3.85. The smallest absolute Gasteiger partial charge is 0.264 e. The van der Waals surface area contributed by atoms with Crippen molar-refractivity contribution in [3.8, 4) is 0 Å². The average Bonchev–Trinajstić information content (AvgIpc) is 3.43. The van der Waals surface area contributed by atoms with E-state index < -0.39 is 28.5 Å². The largest absolute Gasteiger partial charge is 0.352 e. The van der Waals surface area contributed by atoms with Gasteiger partial charge in [-0.05, 0) is 86.7 Å². The van der Waals surface area contributed by atoms with Crippen LogP contribution in [0.5, 0.6) is 0 Å². The SMILES string of the molecule is Cc1cc(C)cc(N(CC(=O)N(Cc2ccc(Cl)cc2Cl)[C@@H](C)C(=O)NC2CCCC2)S(=O)(=O)c2ccccc2)c1. The summed E-state index contributed by atoms with van der Waals surface area (Å²) in [6.07, 6.45) is 3.88. The van der Waals surface area contributed by atoms with Crippen LogP contribution in [0.15, 0.2) is 71.6 Å². The summed E-state index contributed by atoms with van der Waals surface area (Å²) in [5.74, 6) is -0.831. The molecule has 0 radical (unpaired) electrons. The van der Waals surface area contributed by atoms with Crippen LogP contribution >= 0.6 is 23.2 Å². The summed E-state index contributed by atoms with van der Waals surface area (Å²) in [7, 11) is -4.13. The molecule has 0 unspecified atom stereocenters. The maximum atomic E-state index is 14.1. The van der Waals surface area contributed by atoms with Crippen molar-refractivity contribution in [2.75, 3.05) is 10.8 Å². The number of aryl methyl sites for hydroxylation is 2. The van der Waals surface area contributed by atoms with Crippen LogP contribution in [0.1, 0.15) is 49.3 Å². The van der Waals surface area contributed by atoms with Crippen LogP contribution in [0.2, 0.25) is 10.0 Å². The molecular weight excluding hydrogens is 581 g/mol. The van der Waals surface area contributed by atoms with Gasteiger partial charge in [0.25, 0.3) is 10.0 Å². The lowest BCUT2D eigenvalue weighted by atomic mass is 10.1. The van der Waals surface area contributed by atoms with E-state index in [2.05, 4.69) is 5.32 Å². The highest BCUT2D eigenvalue weighted by atomic mass is 35.5. The Morgan fingerprint density at radius 2 is 1.59 bits per heavy atom. The van der Waals surface area contributed by atoms with Crippen molar-refractivity contribution in [1.29, 1.82) is 0 Å². The van der Waals surface area contributed by atoms with Gasteiger partial charge < -0.3 is 10.2 Å². The number of amides is 2. The quantitative estimate of drug-likeness (QED) is 0.291. The number of benzene rings is 3. The molecule has 0 bridgehead atoms. The Bertz CT molecular complexity index is 1490. The van der Waals surface area contributed by atoms with Crippen molar-refractivity contribution in [2.45, 2.75) is 70.0 Å². The van der Waals surface area contributed by atoms with Crippen LogP contribution < -0.4 is 9.62 Å². The third kappa shape index (κ3) is 7.61. The molecule has 0 aliphatic heterocycles. The zero-order valence-electron chi connectivity index (χ0n) is 23.4. The van der Waals surface area contributed by atoms with Crippen LogP contribution in [-0.2, 0) is 26.2 Å². The maximum absolute atomic E-state index is 14.1. The molecule has 3 aromatic rings. The summed E-state index contributed by atoms with van der Waals surface area (Å²) < 4.78 is 29.0. The van der Waals surface area contributed by atoms with Crippen molar-refractivity contribution in [3.05, 3.63) is 93.5 Å². The van der Waals surface area contributed by atoms with E-state index in [1.165, 1.54) is 17.0 Å². The molecule has 0 spiro atoms. The fourth-order valence-corrected chi connectivity index (χ4v) is 7.04. The van der Waals surface area contributed by atoms with Gasteiger partial charge in [0.15, 0.2) is 0 Å². The van der Waals surface area contributed by atoms with Gasteiger partial charge in [-0.15, -0.1) is 0 Å². The third-order valence-corrected chi connectivity index (χ3v) is 9.70. The van der Waals surface area contributed by atoms with Crippen molar-refractivity contribution in [3.63, 3.8) is 0 Å². The van der Waals surface area contributed by atoms with Crippen molar-refractivity contribution in [1.82, 2.24) is 10.2 Å². The molecule has 7 nitrogen and oxygen atoms in total. The van der Waals surface area contributed by atoms with Gasteiger partial charge in [-0.25, -0.2) is 8.42 Å². The van der Waals surface area contributed by atoms with Gasteiger partial charge in [0.05, 0.1) is 10.6 Å². The number of nitrogens with one attached hydrogen (secondary N) is 1. The minimum atomic E-state index is -4.13. The molecule has 0 aromatic heterocycles. The minimum Gasteiger partial charge on any atom is -0.352 e. The lowest BCUT2D eigenvalue weighted by Crippen LogP contribution is -2.52. The topological polar surface area (TPSA) is 86.8 Å². The number of hydrogen-bond acceptors (Lipinski definition) is 4. The van der Waals surface area contributed by atoms with E-state index >= 15 is 0 Å². The van der Waals surface area contributed by atoms with Gasteiger partial charge in [0, 0.05) is 22.6 Å². The predicted octanol–water partition coefficient (Wildman–Crippen LogP) is 6.28. The van der Waals surface area contributed by atoms with Gasteiger partial charge in [0.2, 0.25) is 11.8 Å². The van der Waals surface area contributed by atoms with E-state index in [9.17, 15) is 18.0 Å². The number of carbonyl (C=O) groups is 2. The zero-order valence-corrected chi connectivity index (χ0v) is 25.8. The summed E-state index contributed by atoms with van der Waals surface area (Å²) in [5.41, 5.74) is 2.67. The molecule has 1 fully saturated rings. The number of hydrogen-bond donors (Lipinski definition) is 1. The molecule has 0 heterocycles. The van der Waals surface area contributed by atoms with Gasteiger partial charge in [-0.3, -0.25) is 13.9 Å². The highest BCUT2D eigenvalue weighted by Crippen LogP contribution is 2.28. The van der Waals surface area contributed by atoms with E-state index in [1.54, 1.807) is 55.5 Å². The van der Waals surface area contributed by atoms with Gasteiger partial charge in [-0.2, -0.15) is 0 Å². The van der Waals surface area contributed by atoms with E-state index in [1.807, 2.05) is 19.9 Å². The van der Waals surface area contributed by atoms with Crippen LogP contribution in [0.4, 0.5) is 5.69 Å². The molecule has 218 valence electrons. The Morgan fingerprint density at radius 1 is 0.951 bits per heavy atom. The van der Waals surface area contributed by atoms with Crippen LogP contribution in [0, 0.1) is 13.8 Å². The number of rotatable bonds is 10. The first-order valence-electron chi connectivity index (χ1n) is 13.7. The zero-order chi connectivity index (χ0) is 29.7. The average molecular weight is 617 g/mol. The Kier molecular flexibility index (Phi) is 10.00.